The number of aryl methyl sites for hydroxylation is 2. The average Bonchev–Trinajstić information content (AvgIpc) is 3.28. The van der Waals surface area contributed by atoms with E-state index >= 15 is 0 Å². The molecule has 0 spiro atoms. The van der Waals surface area contributed by atoms with Crippen molar-refractivity contribution in [2.24, 2.45) is 0 Å². The lowest BCUT2D eigenvalue weighted by molar-refractivity contribution is -0.127. The quantitative estimate of drug-likeness (QED) is 0.283. The Kier molecular flexibility index (Phi) is 7.83. The van der Waals surface area contributed by atoms with Gasteiger partial charge in [0.2, 0.25) is 5.91 Å². The maximum absolute atomic E-state index is 13.2. The van der Waals surface area contributed by atoms with Crippen molar-refractivity contribution in [1.29, 1.82) is 0 Å². The van der Waals surface area contributed by atoms with Crippen LogP contribution in [0, 0.1) is 13.8 Å². The molecule has 172 valence electrons. The fraction of sp³-hybridized carbons (Fsp3) is 0.179. The Labute approximate surface area is 204 Å². The lowest BCUT2D eigenvalue weighted by Gasteiger charge is -2.22. The number of pyridine rings is 1. The number of nitrogens with zero attached hydrogens (tertiary/aromatic N) is 3. The first-order valence-corrected chi connectivity index (χ1v) is 12.0. The molecule has 0 unspecified atom stereocenters. The smallest absolute Gasteiger partial charge is 0.247 e. The van der Waals surface area contributed by atoms with E-state index in [0.717, 1.165) is 38.7 Å². The summed E-state index contributed by atoms with van der Waals surface area (Å²) in [5.41, 5.74) is 5.10. The molecule has 0 aliphatic carbocycles. The van der Waals surface area contributed by atoms with Crippen LogP contribution in [-0.2, 0) is 24.5 Å². The van der Waals surface area contributed by atoms with Crippen LogP contribution in [0.1, 0.15) is 33.0 Å². The molecule has 0 fully saturated rings. The average molecular weight is 470 g/mol. The summed E-state index contributed by atoms with van der Waals surface area (Å²) in [4.78, 5) is 23.7. The highest BCUT2D eigenvalue weighted by molar-refractivity contribution is 7.09. The van der Waals surface area contributed by atoms with E-state index < -0.39 is 0 Å². The molecule has 0 atom stereocenters. The van der Waals surface area contributed by atoms with Crippen molar-refractivity contribution in [3.63, 3.8) is 0 Å². The first-order valence-electron chi connectivity index (χ1n) is 11.1. The summed E-state index contributed by atoms with van der Waals surface area (Å²) in [7, 11) is 0. The predicted molar refractivity (Wildman–Crippen MR) is 136 cm³/mol. The zero-order valence-electron chi connectivity index (χ0n) is 19.3. The Morgan fingerprint density at radius 3 is 2.71 bits per heavy atom. The van der Waals surface area contributed by atoms with Crippen molar-refractivity contribution in [2.45, 2.75) is 33.5 Å². The molecule has 5 nitrogen and oxygen atoms in total. The third kappa shape index (κ3) is 6.62. The van der Waals surface area contributed by atoms with Crippen LogP contribution in [0.2, 0.25) is 0 Å². The molecule has 6 heteroatoms. The lowest BCUT2D eigenvalue weighted by Crippen LogP contribution is -2.28. The molecule has 0 bridgehead atoms. The largest absolute Gasteiger partial charge is 0.487 e. The Hall–Kier alpha value is -3.77. The molecule has 2 aromatic carbocycles. The first-order chi connectivity index (χ1) is 16.6. The molecule has 0 saturated heterocycles. The second-order valence-corrected chi connectivity index (χ2v) is 9.10. The van der Waals surface area contributed by atoms with Crippen LogP contribution in [0.5, 0.6) is 5.75 Å². The van der Waals surface area contributed by atoms with Gasteiger partial charge < -0.3 is 9.64 Å². The molecule has 0 aliphatic rings. The molecular formula is C28H27N3O2S. The number of hydrogen-bond donors (Lipinski definition) is 0. The van der Waals surface area contributed by atoms with Gasteiger partial charge in [0, 0.05) is 36.9 Å². The number of hydrogen-bond acceptors (Lipinski definition) is 5. The van der Waals surface area contributed by atoms with Gasteiger partial charge in [0.25, 0.3) is 0 Å². The molecule has 0 saturated carbocycles. The van der Waals surface area contributed by atoms with E-state index in [-0.39, 0.29) is 5.91 Å². The molecule has 2 aromatic heterocycles. The summed E-state index contributed by atoms with van der Waals surface area (Å²) in [5.74, 6) is 0.684. The first kappa shape index (κ1) is 23.4. The van der Waals surface area contributed by atoms with E-state index in [4.69, 9.17) is 4.74 Å². The topological polar surface area (TPSA) is 55.3 Å². The molecule has 34 heavy (non-hydrogen) atoms. The fourth-order valence-corrected chi connectivity index (χ4v) is 4.13. The van der Waals surface area contributed by atoms with Crippen LogP contribution in [0.25, 0.3) is 6.08 Å². The van der Waals surface area contributed by atoms with Crippen LogP contribution in [-0.4, -0.2) is 20.8 Å². The highest BCUT2D eigenvalue weighted by Crippen LogP contribution is 2.18. The third-order valence-corrected chi connectivity index (χ3v) is 6.18. The van der Waals surface area contributed by atoms with Crippen LogP contribution in [0.4, 0.5) is 0 Å². The minimum Gasteiger partial charge on any atom is -0.487 e. The van der Waals surface area contributed by atoms with Gasteiger partial charge in [-0.15, -0.1) is 11.3 Å². The van der Waals surface area contributed by atoms with Gasteiger partial charge in [0.1, 0.15) is 12.4 Å². The fourth-order valence-electron chi connectivity index (χ4n) is 3.53. The Morgan fingerprint density at radius 1 is 1.06 bits per heavy atom. The van der Waals surface area contributed by atoms with Crippen molar-refractivity contribution in [2.75, 3.05) is 0 Å². The number of benzene rings is 2. The van der Waals surface area contributed by atoms with Crippen LogP contribution in [0.3, 0.4) is 0 Å². The third-order valence-electron chi connectivity index (χ3n) is 5.36. The second-order valence-electron chi connectivity index (χ2n) is 8.03. The van der Waals surface area contributed by atoms with Crippen molar-refractivity contribution >= 4 is 23.3 Å². The van der Waals surface area contributed by atoms with E-state index in [9.17, 15) is 4.79 Å². The van der Waals surface area contributed by atoms with E-state index in [1.54, 1.807) is 29.8 Å². The van der Waals surface area contributed by atoms with E-state index in [1.165, 1.54) is 0 Å². The maximum Gasteiger partial charge on any atom is 0.247 e. The molecular weight excluding hydrogens is 442 g/mol. The van der Waals surface area contributed by atoms with Crippen LogP contribution < -0.4 is 4.74 Å². The van der Waals surface area contributed by atoms with Gasteiger partial charge in [0.05, 0.1) is 10.7 Å². The predicted octanol–water partition coefficient (Wildman–Crippen LogP) is 5.98. The number of ether oxygens (including phenoxy) is 1. The minimum atomic E-state index is -0.0589. The summed E-state index contributed by atoms with van der Waals surface area (Å²) in [6.07, 6.45) is 6.99. The van der Waals surface area contributed by atoms with Crippen LogP contribution >= 0.6 is 11.3 Å². The Balaban J connectivity index is 1.46. The van der Waals surface area contributed by atoms with Gasteiger partial charge in [-0.05, 0) is 60.4 Å². The molecule has 0 aliphatic heterocycles. The van der Waals surface area contributed by atoms with Crippen molar-refractivity contribution in [3.8, 4) is 5.75 Å². The number of carbonyl (C=O) groups excluding carboxylic acids is 1. The molecule has 2 heterocycles. The highest BCUT2D eigenvalue weighted by atomic mass is 32.1. The zero-order chi connectivity index (χ0) is 23.8. The monoisotopic (exact) mass is 469 g/mol. The van der Waals surface area contributed by atoms with Crippen molar-refractivity contribution < 1.29 is 9.53 Å². The second kappa shape index (κ2) is 11.4. The summed E-state index contributed by atoms with van der Waals surface area (Å²) < 4.78 is 5.88. The van der Waals surface area contributed by atoms with Gasteiger partial charge in [-0.25, -0.2) is 4.98 Å². The number of carbonyl (C=O) groups is 1. The van der Waals surface area contributed by atoms with Crippen LogP contribution in [0.15, 0.2) is 84.5 Å². The normalized spacial score (nSPS) is 11.0. The summed E-state index contributed by atoms with van der Waals surface area (Å²) >= 11 is 1.61. The summed E-state index contributed by atoms with van der Waals surface area (Å²) in [6.45, 7) is 5.48. The molecule has 0 N–H and O–H groups in total. The SMILES string of the molecule is Cc1nc(COc2cccc(/C=C/C(=O)N(Cc3cccnc3)Cc3ccccc3C)c2)cs1. The van der Waals surface area contributed by atoms with Gasteiger partial charge >= 0.3 is 0 Å². The summed E-state index contributed by atoms with van der Waals surface area (Å²) in [5, 5.41) is 3.03. The van der Waals surface area contributed by atoms with Crippen molar-refractivity contribution in [3.05, 3.63) is 117 Å². The van der Waals surface area contributed by atoms with E-state index in [1.807, 2.05) is 71.8 Å². The van der Waals surface area contributed by atoms with Gasteiger partial charge in [0.15, 0.2) is 0 Å². The molecule has 4 aromatic rings. The van der Waals surface area contributed by atoms with E-state index in [0.29, 0.717) is 19.7 Å². The van der Waals surface area contributed by atoms with E-state index in [2.05, 4.69) is 29.0 Å². The molecule has 4 rings (SSSR count). The highest BCUT2D eigenvalue weighted by Gasteiger charge is 2.13. The summed E-state index contributed by atoms with van der Waals surface area (Å²) in [6, 6.07) is 19.7. The Bertz CT molecular complexity index is 1270. The standard InChI is InChI=1S/C28H27N3O2S/c1-21-7-3-4-10-25(21)18-31(17-24-9-6-14-29-16-24)28(32)13-12-23-8-5-11-27(15-23)33-19-26-20-34-22(2)30-26/h3-16,20H,17-19H2,1-2H3/b13-12+. The number of amides is 1. The molecule has 0 radical (unpaired) electrons. The number of rotatable bonds is 9. The van der Waals surface area contributed by atoms with Gasteiger partial charge in [-0.2, -0.15) is 0 Å². The van der Waals surface area contributed by atoms with Gasteiger partial charge in [-0.1, -0.05) is 42.5 Å². The van der Waals surface area contributed by atoms with Gasteiger partial charge in [-0.3, -0.25) is 9.78 Å². The maximum atomic E-state index is 13.2. The number of thiazole rings is 1. The Morgan fingerprint density at radius 2 is 1.94 bits per heavy atom. The number of aromatic nitrogens is 2. The molecule has 1 amide bonds. The zero-order valence-corrected chi connectivity index (χ0v) is 20.2. The van der Waals surface area contributed by atoms with Crippen molar-refractivity contribution in [1.82, 2.24) is 14.9 Å². The minimum absolute atomic E-state index is 0.0589. The lowest BCUT2D eigenvalue weighted by atomic mass is 10.1.